The average molecular weight is 290 g/mol. The molecule has 21 heavy (non-hydrogen) atoms. The Bertz CT molecular complexity index is 650. The maximum absolute atomic E-state index is 13.7. The summed E-state index contributed by atoms with van der Waals surface area (Å²) in [5.74, 6) is -0.451. The first kappa shape index (κ1) is 15.2. The van der Waals surface area contributed by atoms with E-state index in [4.69, 9.17) is 4.74 Å². The van der Waals surface area contributed by atoms with Gasteiger partial charge in [-0.2, -0.15) is 5.10 Å². The van der Waals surface area contributed by atoms with Crippen LogP contribution in [0.1, 0.15) is 42.5 Å². The van der Waals surface area contributed by atoms with Crippen LogP contribution in [0.3, 0.4) is 0 Å². The van der Waals surface area contributed by atoms with E-state index in [0.717, 1.165) is 24.4 Å². The highest BCUT2D eigenvalue weighted by Gasteiger charge is 2.10. The molecule has 0 aliphatic carbocycles. The van der Waals surface area contributed by atoms with Gasteiger partial charge in [0.25, 0.3) is 0 Å². The fourth-order valence-electron chi connectivity index (χ4n) is 2.11. The lowest BCUT2D eigenvalue weighted by Crippen LogP contribution is -2.06. The monoisotopic (exact) mass is 290 g/mol. The highest BCUT2D eigenvalue weighted by Crippen LogP contribution is 2.18. The van der Waals surface area contributed by atoms with E-state index in [2.05, 4.69) is 5.10 Å². The maximum atomic E-state index is 13.7. The van der Waals surface area contributed by atoms with Gasteiger partial charge in [0.15, 0.2) is 5.78 Å². The molecule has 0 aliphatic rings. The minimum Gasteiger partial charge on any atom is -0.487 e. The summed E-state index contributed by atoms with van der Waals surface area (Å²) in [6, 6.07) is 6.28. The Morgan fingerprint density at radius 3 is 2.67 bits per heavy atom. The van der Waals surface area contributed by atoms with Crippen molar-refractivity contribution in [3.8, 4) is 5.75 Å². The molecule has 112 valence electrons. The smallest absolute Gasteiger partial charge is 0.162 e. The van der Waals surface area contributed by atoms with Crippen molar-refractivity contribution < 1.29 is 13.9 Å². The predicted molar refractivity (Wildman–Crippen MR) is 78.0 cm³/mol. The number of carbonyl (C=O) groups is 1. The molecule has 2 aromatic rings. The number of carbonyl (C=O) groups excluding carboxylic acids is 1. The van der Waals surface area contributed by atoms with Crippen molar-refractivity contribution in [2.75, 3.05) is 0 Å². The molecule has 0 unspecified atom stereocenters. The van der Waals surface area contributed by atoms with E-state index in [0.29, 0.717) is 12.4 Å². The Balaban J connectivity index is 2.11. The molecule has 0 N–H and O–H groups in total. The summed E-state index contributed by atoms with van der Waals surface area (Å²) in [4.78, 5) is 11.2. The van der Waals surface area contributed by atoms with E-state index in [9.17, 15) is 9.18 Å². The Morgan fingerprint density at radius 1 is 1.33 bits per heavy atom. The summed E-state index contributed by atoms with van der Waals surface area (Å²) < 4.78 is 21.2. The van der Waals surface area contributed by atoms with Gasteiger partial charge in [0.2, 0.25) is 0 Å². The summed E-state index contributed by atoms with van der Waals surface area (Å²) in [6.07, 6.45) is 0.863. The zero-order valence-corrected chi connectivity index (χ0v) is 12.5. The van der Waals surface area contributed by atoms with Crippen LogP contribution in [0.2, 0.25) is 0 Å². The first-order valence-electron chi connectivity index (χ1n) is 7.04. The second kappa shape index (κ2) is 6.52. The Kier molecular flexibility index (Phi) is 4.73. The molecule has 0 saturated heterocycles. The lowest BCUT2D eigenvalue weighted by molar-refractivity contribution is 0.101. The van der Waals surface area contributed by atoms with Crippen molar-refractivity contribution in [2.24, 2.45) is 0 Å². The number of aryl methyl sites for hydroxylation is 2. The molecule has 0 amide bonds. The second-order valence-electron chi connectivity index (χ2n) is 4.78. The summed E-state index contributed by atoms with van der Waals surface area (Å²) >= 11 is 0. The van der Waals surface area contributed by atoms with Crippen molar-refractivity contribution >= 4 is 5.78 Å². The topological polar surface area (TPSA) is 44.1 Å². The average Bonchev–Trinajstić information content (AvgIpc) is 2.87. The minimum atomic E-state index is -0.557. The van der Waals surface area contributed by atoms with Gasteiger partial charge in [0, 0.05) is 12.6 Å². The predicted octanol–water partition coefficient (Wildman–Crippen LogP) is 3.39. The van der Waals surface area contributed by atoms with E-state index >= 15 is 0 Å². The van der Waals surface area contributed by atoms with Crippen molar-refractivity contribution in [1.29, 1.82) is 0 Å². The Labute approximate surface area is 123 Å². The fourth-order valence-corrected chi connectivity index (χ4v) is 2.11. The van der Waals surface area contributed by atoms with Gasteiger partial charge >= 0.3 is 0 Å². The van der Waals surface area contributed by atoms with Gasteiger partial charge in [-0.1, -0.05) is 6.92 Å². The van der Waals surface area contributed by atoms with Crippen molar-refractivity contribution in [3.05, 3.63) is 47.0 Å². The third kappa shape index (κ3) is 3.48. The van der Waals surface area contributed by atoms with E-state index < -0.39 is 5.82 Å². The van der Waals surface area contributed by atoms with Crippen LogP contribution in [0.25, 0.3) is 0 Å². The molecule has 0 aliphatic heterocycles. The van der Waals surface area contributed by atoms with Crippen LogP contribution in [-0.2, 0) is 19.6 Å². The molecule has 5 heteroatoms. The van der Waals surface area contributed by atoms with Gasteiger partial charge in [-0.25, -0.2) is 4.39 Å². The number of rotatable bonds is 6. The Morgan fingerprint density at radius 2 is 2.10 bits per heavy atom. The lowest BCUT2D eigenvalue weighted by atomic mass is 10.1. The van der Waals surface area contributed by atoms with Crippen LogP contribution in [0.15, 0.2) is 24.3 Å². The van der Waals surface area contributed by atoms with Crippen LogP contribution in [0.4, 0.5) is 4.39 Å². The molecule has 0 fully saturated rings. The summed E-state index contributed by atoms with van der Waals surface area (Å²) in [6.45, 7) is 6.47. The van der Waals surface area contributed by atoms with Crippen molar-refractivity contribution in [1.82, 2.24) is 9.78 Å². The number of hydrogen-bond donors (Lipinski definition) is 0. The first-order chi connectivity index (χ1) is 10.0. The molecule has 0 spiro atoms. The van der Waals surface area contributed by atoms with Gasteiger partial charge in [-0.3, -0.25) is 9.48 Å². The van der Waals surface area contributed by atoms with Gasteiger partial charge in [-0.15, -0.1) is 0 Å². The quantitative estimate of drug-likeness (QED) is 0.766. The van der Waals surface area contributed by atoms with Crippen LogP contribution in [-0.4, -0.2) is 15.6 Å². The first-order valence-corrected chi connectivity index (χ1v) is 7.04. The molecule has 1 heterocycles. The van der Waals surface area contributed by atoms with Gasteiger partial charge < -0.3 is 4.74 Å². The van der Waals surface area contributed by atoms with Crippen LogP contribution in [0, 0.1) is 5.82 Å². The number of hydrogen-bond acceptors (Lipinski definition) is 3. The van der Waals surface area contributed by atoms with E-state index in [-0.39, 0.29) is 11.3 Å². The number of ether oxygens (including phenoxy) is 1. The highest BCUT2D eigenvalue weighted by atomic mass is 19.1. The molecule has 0 saturated carbocycles. The fraction of sp³-hybridized carbons (Fsp3) is 0.375. The molecule has 0 bridgehead atoms. The lowest BCUT2D eigenvalue weighted by Gasteiger charge is -2.08. The molecule has 2 rings (SSSR count). The number of aromatic nitrogens is 2. The molecular weight excluding hydrogens is 271 g/mol. The molecule has 1 aromatic carbocycles. The van der Waals surface area contributed by atoms with Crippen LogP contribution >= 0.6 is 0 Å². The summed E-state index contributed by atoms with van der Waals surface area (Å²) in [7, 11) is 0. The number of halogens is 1. The van der Waals surface area contributed by atoms with Crippen LogP contribution in [0.5, 0.6) is 5.75 Å². The van der Waals surface area contributed by atoms with Crippen molar-refractivity contribution in [2.45, 2.75) is 40.3 Å². The Hall–Kier alpha value is -2.17. The van der Waals surface area contributed by atoms with Crippen LogP contribution < -0.4 is 4.74 Å². The SMILES string of the molecule is CCc1cc(COc2ccc(C(C)=O)c(F)c2)n(CC)n1. The zero-order valence-electron chi connectivity index (χ0n) is 12.5. The number of benzene rings is 1. The molecule has 1 aromatic heterocycles. The maximum Gasteiger partial charge on any atom is 0.162 e. The van der Waals surface area contributed by atoms with E-state index in [1.54, 1.807) is 6.07 Å². The zero-order chi connectivity index (χ0) is 15.4. The number of ketones is 1. The van der Waals surface area contributed by atoms with Gasteiger partial charge in [0.1, 0.15) is 18.2 Å². The van der Waals surface area contributed by atoms with Gasteiger partial charge in [-0.05, 0) is 38.5 Å². The standard InChI is InChI=1S/C16H19FN2O2/c1-4-12-8-13(19(5-2)18-12)10-21-14-6-7-15(11(3)20)16(17)9-14/h6-9H,4-5,10H2,1-3H3. The minimum absolute atomic E-state index is 0.0780. The third-order valence-corrected chi connectivity index (χ3v) is 3.28. The van der Waals surface area contributed by atoms with E-state index in [1.807, 2.05) is 24.6 Å². The largest absolute Gasteiger partial charge is 0.487 e. The summed E-state index contributed by atoms with van der Waals surface area (Å²) in [5.41, 5.74) is 2.04. The second-order valence-corrected chi connectivity index (χ2v) is 4.78. The third-order valence-electron chi connectivity index (χ3n) is 3.28. The normalized spacial score (nSPS) is 10.7. The number of Topliss-reactive ketones (excluding diaryl/α,β-unsaturated/α-hetero) is 1. The summed E-state index contributed by atoms with van der Waals surface area (Å²) in [5, 5.41) is 4.43. The molecule has 0 atom stereocenters. The van der Waals surface area contributed by atoms with Crippen molar-refractivity contribution in [3.63, 3.8) is 0 Å². The molecular formula is C16H19FN2O2. The molecule has 0 radical (unpaired) electrons. The van der Waals surface area contributed by atoms with Gasteiger partial charge in [0.05, 0.1) is 17.0 Å². The number of nitrogens with zero attached hydrogens (tertiary/aromatic N) is 2. The van der Waals surface area contributed by atoms with E-state index in [1.165, 1.54) is 19.1 Å². The highest BCUT2D eigenvalue weighted by molar-refractivity contribution is 5.94. The molecule has 4 nitrogen and oxygen atoms in total.